The minimum absolute atomic E-state index is 0.199. The van der Waals surface area contributed by atoms with Crippen LogP contribution in [0.25, 0.3) is 0 Å². The van der Waals surface area contributed by atoms with Crippen LogP contribution in [0.15, 0.2) is 42.5 Å². The van der Waals surface area contributed by atoms with Gasteiger partial charge in [0.2, 0.25) is 0 Å². The molecule has 2 N–H and O–H groups in total. The van der Waals surface area contributed by atoms with E-state index >= 15 is 0 Å². The number of nitrogens with two attached hydrogens (primary N) is 1. The van der Waals surface area contributed by atoms with Crippen LogP contribution in [0, 0.1) is 19.7 Å². The van der Waals surface area contributed by atoms with Gasteiger partial charge in [-0.2, -0.15) is 0 Å². The maximum atomic E-state index is 13.0. The first kappa shape index (κ1) is 11.8. The fraction of sp³-hybridized carbons (Fsp3) is 0.200. The topological polar surface area (TPSA) is 26.0 Å². The first-order valence-corrected chi connectivity index (χ1v) is 5.66. The van der Waals surface area contributed by atoms with Gasteiger partial charge < -0.3 is 5.73 Å². The maximum Gasteiger partial charge on any atom is 0.123 e. The van der Waals surface area contributed by atoms with Crippen molar-refractivity contribution in [1.82, 2.24) is 0 Å². The molecule has 0 saturated carbocycles. The molecule has 0 fully saturated rings. The molecule has 2 aromatic carbocycles. The molecule has 0 radical (unpaired) electrons. The Balaban J connectivity index is 2.40. The highest BCUT2D eigenvalue weighted by Gasteiger charge is 2.11. The summed E-state index contributed by atoms with van der Waals surface area (Å²) in [7, 11) is 0. The Bertz CT molecular complexity index is 534. The molecule has 0 aliphatic heterocycles. The first-order chi connectivity index (χ1) is 8.08. The van der Waals surface area contributed by atoms with E-state index in [-0.39, 0.29) is 11.9 Å². The van der Waals surface area contributed by atoms with E-state index in [1.165, 1.54) is 17.7 Å². The second-order valence-corrected chi connectivity index (χ2v) is 4.39. The van der Waals surface area contributed by atoms with Crippen LogP contribution < -0.4 is 5.73 Å². The van der Waals surface area contributed by atoms with Gasteiger partial charge in [-0.1, -0.05) is 35.9 Å². The lowest BCUT2D eigenvalue weighted by molar-refractivity contribution is 0.624. The number of hydrogen-bond acceptors (Lipinski definition) is 1. The standard InChI is InChI=1S/C15H16FN/c1-10-4-3-5-12(8-10)15(17)14-7-6-13(16)9-11(14)2/h3-9,15H,17H2,1-2H3. The van der Waals surface area contributed by atoms with Gasteiger partial charge in [0.05, 0.1) is 6.04 Å². The van der Waals surface area contributed by atoms with E-state index < -0.39 is 0 Å². The van der Waals surface area contributed by atoms with Crippen molar-refractivity contribution in [3.8, 4) is 0 Å². The highest BCUT2D eigenvalue weighted by Crippen LogP contribution is 2.23. The zero-order valence-electron chi connectivity index (χ0n) is 10.1. The molecule has 0 aliphatic carbocycles. The van der Waals surface area contributed by atoms with Gasteiger partial charge in [-0.15, -0.1) is 0 Å². The highest BCUT2D eigenvalue weighted by molar-refractivity contribution is 5.37. The molecular weight excluding hydrogens is 213 g/mol. The average molecular weight is 229 g/mol. The van der Waals surface area contributed by atoms with E-state index in [9.17, 15) is 4.39 Å². The van der Waals surface area contributed by atoms with Crippen LogP contribution in [-0.4, -0.2) is 0 Å². The SMILES string of the molecule is Cc1cccc(C(N)c2ccc(F)cc2C)c1. The third kappa shape index (κ3) is 2.53. The third-order valence-electron chi connectivity index (χ3n) is 2.97. The monoisotopic (exact) mass is 229 g/mol. The predicted molar refractivity (Wildman–Crippen MR) is 68.3 cm³/mol. The van der Waals surface area contributed by atoms with Crippen LogP contribution >= 0.6 is 0 Å². The van der Waals surface area contributed by atoms with Crippen molar-refractivity contribution in [3.05, 3.63) is 70.5 Å². The van der Waals surface area contributed by atoms with Crippen LogP contribution in [0.2, 0.25) is 0 Å². The molecule has 0 spiro atoms. The zero-order chi connectivity index (χ0) is 12.4. The van der Waals surface area contributed by atoms with Gasteiger partial charge in [-0.25, -0.2) is 4.39 Å². The van der Waals surface area contributed by atoms with Gasteiger partial charge in [0, 0.05) is 0 Å². The largest absolute Gasteiger partial charge is 0.320 e. The van der Waals surface area contributed by atoms with Crippen molar-refractivity contribution in [2.75, 3.05) is 0 Å². The van der Waals surface area contributed by atoms with E-state index in [0.29, 0.717) is 0 Å². The molecule has 0 amide bonds. The van der Waals surface area contributed by atoms with E-state index in [4.69, 9.17) is 5.73 Å². The van der Waals surface area contributed by atoms with Crippen LogP contribution in [0.4, 0.5) is 4.39 Å². The Morgan fingerprint density at radius 2 is 1.82 bits per heavy atom. The van der Waals surface area contributed by atoms with Crippen molar-refractivity contribution >= 4 is 0 Å². The number of benzene rings is 2. The molecular formula is C15H16FN. The van der Waals surface area contributed by atoms with Crippen LogP contribution in [-0.2, 0) is 0 Å². The van der Waals surface area contributed by atoms with E-state index in [1.807, 2.05) is 32.0 Å². The summed E-state index contributed by atoms with van der Waals surface area (Å²) in [5.74, 6) is -0.220. The summed E-state index contributed by atoms with van der Waals surface area (Å²) in [5.41, 5.74) is 10.3. The van der Waals surface area contributed by atoms with Crippen LogP contribution in [0.3, 0.4) is 0 Å². The molecule has 0 aromatic heterocycles. The molecule has 0 heterocycles. The molecule has 17 heavy (non-hydrogen) atoms. The molecule has 0 aliphatic rings. The molecule has 0 saturated heterocycles. The molecule has 88 valence electrons. The third-order valence-corrected chi connectivity index (χ3v) is 2.97. The number of aryl methyl sites for hydroxylation is 2. The predicted octanol–water partition coefficient (Wildman–Crippen LogP) is 3.49. The second-order valence-electron chi connectivity index (χ2n) is 4.39. The molecule has 0 bridgehead atoms. The molecule has 2 rings (SSSR count). The molecule has 1 unspecified atom stereocenters. The summed E-state index contributed by atoms with van der Waals surface area (Å²) < 4.78 is 13.0. The van der Waals surface area contributed by atoms with Gasteiger partial charge in [-0.3, -0.25) is 0 Å². The van der Waals surface area contributed by atoms with Crippen molar-refractivity contribution < 1.29 is 4.39 Å². The minimum Gasteiger partial charge on any atom is -0.320 e. The number of rotatable bonds is 2. The van der Waals surface area contributed by atoms with Gasteiger partial charge in [0.15, 0.2) is 0 Å². The van der Waals surface area contributed by atoms with Crippen molar-refractivity contribution in [2.45, 2.75) is 19.9 Å². The number of hydrogen-bond donors (Lipinski definition) is 1. The average Bonchev–Trinajstić information content (AvgIpc) is 2.28. The zero-order valence-corrected chi connectivity index (χ0v) is 10.1. The summed E-state index contributed by atoms with van der Waals surface area (Å²) in [4.78, 5) is 0. The smallest absolute Gasteiger partial charge is 0.123 e. The summed E-state index contributed by atoms with van der Waals surface area (Å²) in [6, 6.07) is 12.6. The number of halogens is 1. The van der Waals surface area contributed by atoms with Crippen molar-refractivity contribution in [3.63, 3.8) is 0 Å². The summed E-state index contributed by atoms with van der Waals surface area (Å²) >= 11 is 0. The Hall–Kier alpha value is -1.67. The van der Waals surface area contributed by atoms with Gasteiger partial charge in [0.25, 0.3) is 0 Å². The molecule has 2 heteroatoms. The summed E-state index contributed by atoms with van der Waals surface area (Å²) in [5, 5.41) is 0. The van der Waals surface area contributed by atoms with Crippen molar-refractivity contribution in [1.29, 1.82) is 0 Å². The minimum atomic E-state index is -0.220. The van der Waals surface area contributed by atoms with Crippen molar-refractivity contribution in [2.24, 2.45) is 5.73 Å². The Kier molecular flexibility index (Phi) is 3.25. The fourth-order valence-electron chi connectivity index (χ4n) is 2.03. The Labute approximate surface area is 101 Å². The molecule has 1 atom stereocenters. The van der Waals surface area contributed by atoms with Crippen LogP contribution in [0.5, 0.6) is 0 Å². The second kappa shape index (κ2) is 4.68. The first-order valence-electron chi connectivity index (χ1n) is 5.66. The quantitative estimate of drug-likeness (QED) is 0.838. The Morgan fingerprint density at radius 1 is 1.06 bits per heavy atom. The lowest BCUT2D eigenvalue weighted by Gasteiger charge is -2.15. The fourth-order valence-corrected chi connectivity index (χ4v) is 2.03. The summed E-state index contributed by atoms with van der Waals surface area (Å²) in [6.45, 7) is 3.92. The van der Waals surface area contributed by atoms with E-state index in [2.05, 4.69) is 6.07 Å². The molecule has 1 nitrogen and oxygen atoms in total. The van der Waals surface area contributed by atoms with Gasteiger partial charge in [0.1, 0.15) is 5.82 Å². The molecule has 2 aromatic rings. The normalized spacial score (nSPS) is 12.5. The van der Waals surface area contributed by atoms with Gasteiger partial charge in [-0.05, 0) is 42.7 Å². The van der Waals surface area contributed by atoms with E-state index in [1.54, 1.807) is 6.07 Å². The summed E-state index contributed by atoms with van der Waals surface area (Å²) in [6.07, 6.45) is 0. The maximum absolute atomic E-state index is 13.0. The van der Waals surface area contributed by atoms with Gasteiger partial charge >= 0.3 is 0 Å². The van der Waals surface area contributed by atoms with Crippen LogP contribution in [0.1, 0.15) is 28.3 Å². The van der Waals surface area contributed by atoms with E-state index in [0.717, 1.165) is 16.7 Å². The lowest BCUT2D eigenvalue weighted by Crippen LogP contribution is -2.13. The highest BCUT2D eigenvalue weighted by atomic mass is 19.1. The Morgan fingerprint density at radius 3 is 2.47 bits per heavy atom. The lowest BCUT2D eigenvalue weighted by atomic mass is 9.95.